The molecule has 4 nitrogen and oxygen atoms in total. The van der Waals surface area contributed by atoms with Gasteiger partial charge in [-0.15, -0.1) is 11.3 Å². The predicted molar refractivity (Wildman–Crippen MR) is 84.6 cm³/mol. The molecule has 2 heterocycles. The first-order valence-corrected chi connectivity index (χ1v) is 8.45. The van der Waals surface area contributed by atoms with E-state index in [1.807, 2.05) is 10.8 Å². The van der Waals surface area contributed by atoms with Crippen LogP contribution in [0.4, 0.5) is 5.69 Å². The third kappa shape index (κ3) is 2.35. The summed E-state index contributed by atoms with van der Waals surface area (Å²) in [6.45, 7) is 0. The molecule has 3 N–H and O–H groups in total. The monoisotopic (exact) mass is 301 g/mol. The Morgan fingerprint density at radius 3 is 3.05 bits per heavy atom. The van der Waals surface area contributed by atoms with Crippen molar-refractivity contribution in [2.24, 2.45) is 0 Å². The molecule has 4 rings (SSSR count). The van der Waals surface area contributed by atoms with Crippen LogP contribution in [-0.4, -0.2) is 10.5 Å². The first kappa shape index (κ1) is 13.0. The smallest absolute Gasteiger partial charge is 0.268 e. The highest BCUT2D eigenvalue weighted by atomic mass is 32.1. The number of nitrogens with zero attached hydrogens (tertiary/aromatic N) is 1. The summed E-state index contributed by atoms with van der Waals surface area (Å²) in [5, 5.41) is 5.33. The minimum Gasteiger partial charge on any atom is -0.397 e. The highest BCUT2D eigenvalue weighted by molar-refractivity contribution is 7.10. The van der Waals surface area contributed by atoms with Gasteiger partial charge in [0.1, 0.15) is 5.69 Å². The number of fused-ring (bicyclic) bond motifs is 1. The van der Waals surface area contributed by atoms with Gasteiger partial charge in [0.15, 0.2) is 0 Å². The number of aromatic nitrogens is 1. The number of amides is 1. The summed E-state index contributed by atoms with van der Waals surface area (Å²) < 4.78 is 2.04. The van der Waals surface area contributed by atoms with Gasteiger partial charge in [-0.05, 0) is 55.2 Å². The van der Waals surface area contributed by atoms with Gasteiger partial charge in [-0.1, -0.05) is 0 Å². The van der Waals surface area contributed by atoms with Crippen LogP contribution in [0, 0.1) is 0 Å². The Bertz CT molecular complexity index is 684. The second-order valence-corrected chi connectivity index (χ2v) is 7.02. The Hall–Kier alpha value is -1.75. The molecule has 2 aliphatic carbocycles. The molecule has 1 fully saturated rings. The van der Waals surface area contributed by atoms with Gasteiger partial charge in [-0.3, -0.25) is 4.79 Å². The van der Waals surface area contributed by atoms with E-state index in [0.29, 0.717) is 17.4 Å². The van der Waals surface area contributed by atoms with Gasteiger partial charge in [-0.25, -0.2) is 0 Å². The Labute approximate surface area is 128 Å². The largest absolute Gasteiger partial charge is 0.397 e. The maximum absolute atomic E-state index is 12.6. The zero-order valence-electron chi connectivity index (χ0n) is 11.8. The summed E-state index contributed by atoms with van der Waals surface area (Å²) in [4.78, 5) is 14.0. The molecule has 0 spiro atoms. The number of nitrogen functional groups attached to an aromatic ring is 1. The van der Waals surface area contributed by atoms with E-state index in [1.165, 1.54) is 10.4 Å². The Morgan fingerprint density at radius 1 is 1.38 bits per heavy atom. The summed E-state index contributed by atoms with van der Waals surface area (Å²) in [5.41, 5.74) is 8.56. The number of anilines is 1. The van der Waals surface area contributed by atoms with Crippen molar-refractivity contribution in [3.8, 4) is 0 Å². The fourth-order valence-electron chi connectivity index (χ4n) is 3.21. The zero-order chi connectivity index (χ0) is 14.4. The van der Waals surface area contributed by atoms with Gasteiger partial charge in [0.25, 0.3) is 5.91 Å². The SMILES string of the molecule is Nc1cc(C(=O)NC2CCCc3sccc32)n(C2CC2)c1. The topological polar surface area (TPSA) is 60.1 Å². The Morgan fingerprint density at radius 2 is 2.24 bits per heavy atom. The van der Waals surface area contributed by atoms with E-state index < -0.39 is 0 Å². The first-order chi connectivity index (χ1) is 10.2. The van der Waals surface area contributed by atoms with Crippen LogP contribution in [0.5, 0.6) is 0 Å². The fourth-order valence-corrected chi connectivity index (χ4v) is 4.19. The van der Waals surface area contributed by atoms with Crippen LogP contribution in [0.1, 0.15) is 58.7 Å². The second-order valence-electron chi connectivity index (χ2n) is 6.01. The fraction of sp³-hybridized carbons (Fsp3) is 0.438. The van der Waals surface area contributed by atoms with Crippen LogP contribution < -0.4 is 11.1 Å². The Kier molecular flexibility index (Phi) is 3.03. The van der Waals surface area contributed by atoms with Crippen LogP contribution in [-0.2, 0) is 6.42 Å². The van der Waals surface area contributed by atoms with Crippen molar-refractivity contribution in [2.75, 3.05) is 5.73 Å². The number of hydrogen-bond donors (Lipinski definition) is 2. The third-order valence-corrected chi connectivity index (χ3v) is 5.40. The number of carbonyl (C=O) groups excluding carboxylic acids is 1. The molecule has 0 bridgehead atoms. The van der Waals surface area contributed by atoms with Crippen molar-refractivity contribution in [2.45, 2.75) is 44.2 Å². The van der Waals surface area contributed by atoms with Gasteiger partial charge in [0, 0.05) is 17.1 Å². The van der Waals surface area contributed by atoms with Gasteiger partial charge in [0.2, 0.25) is 0 Å². The molecule has 0 aromatic carbocycles. The molecular weight excluding hydrogens is 282 g/mol. The predicted octanol–water partition coefficient (Wildman–Crippen LogP) is 3.27. The number of rotatable bonds is 3. The summed E-state index contributed by atoms with van der Waals surface area (Å²) in [6.07, 6.45) is 7.49. The lowest BCUT2D eigenvalue weighted by molar-refractivity contribution is 0.0923. The van der Waals surface area contributed by atoms with Crippen molar-refractivity contribution in [1.82, 2.24) is 9.88 Å². The van der Waals surface area contributed by atoms with Gasteiger partial charge in [-0.2, -0.15) is 0 Å². The van der Waals surface area contributed by atoms with Crippen molar-refractivity contribution in [1.29, 1.82) is 0 Å². The maximum atomic E-state index is 12.6. The summed E-state index contributed by atoms with van der Waals surface area (Å²) in [5.74, 6) is 0.00245. The van der Waals surface area contributed by atoms with Crippen LogP contribution in [0.3, 0.4) is 0 Å². The molecule has 2 aromatic heterocycles. The number of carbonyl (C=O) groups is 1. The highest BCUT2D eigenvalue weighted by Crippen LogP contribution is 2.38. The van der Waals surface area contributed by atoms with Crippen molar-refractivity contribution < 1.29 is 4.79 Å². The molecule has 1 saturated carbocycles. The van der Waals surface area contributed by atoms with E-state index in [-0.39, 0.29) is 11.9 Å². The van der Waals surface area contributed by atoms with E-state index in [2.05, 4.69) is 16.8 Å². The molecular formula is C16H19N3OS. The van der Waals surface area contributed by atoms with Crippen LogP contribution in [0.2, 0.25) is 0 Å². The van der Waals surface area contributed by atoms with Gasteiger partial charge < -0.3 is 15.6 Å². The Balaban J connectivity index is 1.57. The molecule has 1 atom stereocenters. The molecule has 1 unspecified atom stereocenters. The third-order valence-electron chi connectivity index (χ3n) is 4.40. The van der Waals surface area contributed by atoms with Crippen molar-refractivity contribution in [3.05, 3.63) is 39.8 Å². The molecule has 21 heavy (non-hydrogen) atoms. The number of hydrogen-bond acceptors (Lipinski definition) is 3. The van der Waals surface area contributed by atoms with Gasteiger partial charge >= 0.3 is 0 Å². The normalized spacial score (nSPS) is 21.0. The van der Waals surface area contributed by atoms with Crippen LogP contribution in [0.25, 0.3) is 0 Å². The molecule has 110 valence electrons. The number of nitrogens with one attached hydrogen (secondary N) is 1. The van der Waals surface area contributed by atoms with E-state index >= 15 is 0 Å². The minimum absolute atomic E-state index is 0.00245. The summed E-state index contributed by atoms with van der Waals surface area (Å²) in [7, 11) is 0. The lowest BCUT2D eigenvalue weighted by Crippen LogP contribution is -2.31. The quantitative estimate of drug-likeness (QED) is 0.914. The first-order valence-electron chi connectivity index (χ1n) is 7.57. The van der Waals surface area contributed by atoms with Crippen molar-refractivity contribution >= 4 is 22.9 Å². The van der Waals surface area contributed by atoms with E-state index in [4.69, 9.17) is 5.73 Å². The molecule has 0 radical (unpaired) electrons. The molecule has 2 aliphatic rings. The lowest BCUT2D eigenvalue weighted by Gasteiger charge is -2.24. The van der Waals surface area contributed by atoms with Crippen LogP contribution >= 0.6 is 11.3 Å². The van der Waals surface area contributed by atoms with Crippen molar-refractivity contribution in [3.63, 3.8) is 0 Å². The average Bonchev–Trinajstić information content (AvgIpc) is 3.06. The summed E-state index contributed by atoms with van der Waals surface area (Å²) in [6, 6.07) is 4.56. The van der Waals surface area contributed by atoms with E-state index in [1.54, 1.807) is 17.4 Å². The van der Waals surface area contributed by atoms with Crippen LogP contribution in [0.15, 0.2) is 23.7 Å². The number of nitrogens with two attached hydrogens (primary N) is 1. The molecule has 2 aromatic rings. The minimum atomic E-state index is 0.00245. The zero-order valence-corrected chi connectivity index (χ0v) is 12.7. The lowest BCUT2D eigenvalue weighted by atomic mass is 9.94. The van der Waals surface area contributed by atoms with E-state index in [9.17, 15) is 4.79 Å². The standard InChI is InChI=1S/C16H19N3OS/c17-10-8-14(19(9-10)11-4-5-11)16(20)18-13-2-1-3-15-12(13)6-7-21-15/h6-9,11,13H,1-5,17H2,(H,18,20). The average molecular weight is 301 g/mol. The number of aryl methyl sites for hydroxylation is 1. The molecule has 0 saturated heterocycles. The molecule has 5 heteroatoms. The summed E-state index contributed by atoms with van der Waals surface area (Å²) >= 11 is 1.80. The second kappa shape index (κ2) is 4.91. The molecule has 1 amide bonds. The van der Waals surface area contributed by atoms with E-state index in [0.717, 1.165) is 32.1 Å². The highest BCUT2D eigenvalue weighted by Gasteiger charge is 2.29. The number of thiophene rings is 1. The van der Waals surface area contributed by atoms with Gasteiger partial charge in [0.05, 0.1) is 11.7 Å². The maximum Gasteiger partial charge on any atom is 0.268 e. The molecule has 0 aliphatic heterocycles.